The highest BCUT2D eigenvalue weighted by Crippen LogP contribution is 2.38. The molecule has 0 N–H and O–H groups in total. The maximum absolute atomic E-state index is 13.4. The van der Waals surface area contributed by atoms with Gasteiger partial charge in [-0.2, -0.15) is 0 Å². The number of benzene rings is 1. The summed E-state index contributed by atoms with van der Waals surface area (Å²) in [5.74, 6) is 0.694. The predicted octanol–water partition coefficient (Wildman–Crippen LogP) is 1.96. The molecule has 2 heterocycles. The number of rotatable bonds is 7. The van der Waals surface area contributed by atoms with E-state index in [-0.39, 0.29) is 11.9 Å². The molecule has 1 aromatic carbocycles. The van der Waals surface area contributed by atoms with E-state index in [1.165, 1.54) is 4.90 Å². The molecule has 0 radical (unpaired) electrons. The van der Waals surface area contributed by atoms with Crippen molar-refractivity contribution < 1.29 is 19.1 Å². The van der Waals surface area contributed by atoms with Crippen molar-refractivity contribution in [1.82, 2.24) is 14.7 Å². The fraction of sp³-hybridized carbons (Fsp3) is 0.600. The van der Waals surface area contributed by atoms with Crippen LogP contribution in [0.5, 0.6) is 5.75 Å². The van der Waals surface area contributed by atoms with E-state index in [1.807, 2.05) is 24.3 Å². The van der Waals surface area contributed by atoms with E-state index in [1.54, 1.807) is 19.1 Å². The minimum absolute atomic E-state index is 0.0613. The molecule has 2 aliphatic rings. The number of amides is 3. The summed E-state index contributed by atoms with van der Waals surface area (Å²) in [6.45, 7) is 3.04. The van der Waals surface area contributed by atoms with Crippen LogP contribution < -0.4 is 4.74 Å². The number of methoxy groups -OCH3 is 2. The molecule has 2 saturated heterocycles. The van der Waals surface area contributed by atoms with Crippen LogP contribution in [0.2, 0.25) is 0 Å². The van der Waals surface area contributed by atoms with Crippen LogP contribution in [0.1, 0.15) is 24.8 Å². The molecule has 2 fully saturated rings. The van der Waals surface area contributed by atoms with Crippen molar-refractivity contribution in [3.05, 3.63) is 29.8 Å². The third-order valence-corrected chi connectivity index (χ3v) is 5.67. The Balaban J connectivity index is 1.81. The van der Waals surface area contributed by atoms with E-state index in [2.05, 4.69) is 11.9 Å². The third kappa shape index (κ3) is 3.80. The molecule has 7 heteroatoms. The molecular formula is C20H29N3O4. The molecule has 1 aromatic rings. The Bertz CT molecular complexity index is 668. The van der Waals surface area contributed by atoms with E-state index in [0.717, 1.165) is 30.8 Å². The largest absolute Gasteiger partial charge is 0.497 e. The highest BCUT2D eigenvalue weighted by molar-refractivity contribution is 6.07. The molecule has 0 unspecified atom stereocenters. The van der Waals surface area contributed by atoms with Crippen molar-refractivity contribution in [2.24, 2.45) is 0 Å². The van der Waals surface area contributed by atoms with Gasteiger partial charge >= 0.3 is 6.03 Å². The average molecular weight is 375 g/mol. The molecule has 27 heavy (non-hydrogen) atoms. The summed E-state index contributed by atoms with van der Waals surface area (Å²) in [4.78, 5) is 31.9. The lowest BCUT2D eigenvalue weighted by Gasteiger charge is -2.41. The number of hydrogen-bond acceptors (Lipinski definition) is 5. The van der Waals surface area contributed by atoms with E-state index >= 15 is 0 Å². The lowest BCUT2D eigenvalue weighted by molar-refractivity contribution is -0.135. The van der Waals surface area contributed by atoms with Crippen molar-refractivity contribution >= 4 is 11.9 Å². The number of hydrogen-bond donors (Lipinski definition) is 0. The lowest BCUT2D eigenvalue weighted by Crippen LogP contribution is -2.56. The van der Waals surface area contributed by atoms with Crippen molar-refractivity contribution in [1.29, 1.82) is 0 Å². The minimum atomic E-state index is -0.705. The minimum Gasteiger partial charge on any atom is -0.497 e. The number of ether oxygens (including phenoxy) is 2. The highest BCUT2D eigenvalue weighted by Gasteiger charge is 2.57. The number of imide groups is 1. The van der Waals surface area contributed by atoms with Crippen LogP contribution in [-0.4, -0.2) is 79.7 Å². The molecule has 7 nitrogen and oxygen atoms in total. The summed E-state index contributed by atoms with van der Waals surface area (Å²) < 4.78 is 10.3. The second-order valence-electron chi connectivity index (χ2n) is 7.35. The second-order valence-corrected chi connectivity index (χ2v) is 7.35. The Morgan fingerprint density at radius 3 is 2.33 bits per heavy atom. The first-order valence-corrected chi connectivity index (χ1v) is 9.46. The van der Waals surface area contributed by atoms with Crippen LogP contribution in [0, 0.1) is 0 Å². The number of nitrogens with zero attached hydrogens (tertiary/aromatic N) is 3. The van der Waals surface area contributed by atoms with Gasteiger partial charge in [-0.3, -0.25) is 9.69 Å². The molecule has 1 spiro atoms. The quantitative estimate of drug-likeness (QED) is 0.539. The SMILES string of the molecule is COCCCN1C(=O)N(Cc2ccc(OC)cc2)C(=O)C12CCN(C)CC2. The maximum atomic E-state index is 13.4. The Kier molecular flexibility index (Phi) is 6.01. The number of carbonyl (C=O) groups excluding carboxylic acids is 2. The Labute approximate surface area is 160 Å². The Morgan fingerprint density at radius 2 is 1.74 bits per heavy atom. The Morgan fingerprint density at radius 1 is 1.07 bits per heavy atom. The number of likely N-dealkylation sites (tertiary alicyclic amines) is 1. The van der Waals surface area contributed by atoms with Crippen LogP contribution in [0.4, 0.5) is 4.79 Å². The first kappa shape index (κ1) is 19.6. The van der Waals surface area contributed by atoms with E-state index in [4.69, 9.17) is 9.47 Å². The molecule has 148 valence electrons. The van der Waals surface area contributed by atoms with Gasteiger partial charge in [0, 0.05) is 33.4 Å². The van der Waals surface area contributed by atoms with Gasteiger partial charge in [0.1, 0.15) is 11.3 Å². The molecule has 0 aliphatic carbocycles. The molecule has 0 aromatic heterocycles. The molecule has 2 aliphatic heterocycles. The summed E-state index contributed by atoms with van der Waals surface area (Å²) >= 11 is 0. The fourth-order valence-corrected chi connectivity index (χ4v) is 3.98. The van der Waals surface area contributed by atoms with Crippen LogP contribution >= 0.6 is 0 Å². The molecule has 0 bridgehead atoms. The van der Waals surface area contributed by atoms with Crippen LogP contribution in [0.15, 0.2) is 24.3 Å². The highest BCUT2D eigenvalue weighted by atomic mass is 16.5. The third-order valence-electron chi connectivity index (χ3n) is 5.67. The standard InChI is InChI=1S/C20H29N3O4/c1-21-12-9-20(10-13-21)18(24)22(19(25)23(20)11-4-14-26-2)15-16-5-7-17(27-3)8-6-16/h5-8H,4,9-15H2,1-3H3. The summed E-state index contributed by atoms with van der Waals surface area (Å²) in [6, 6.07) is 7.31. The molecule has 3 rings (SSSR count). The lowest BCUT2D eigenvalue weighted by atomic mass is 9.86. The Hall–Kier alpha value is -2.12. The predicted molar refractivity (Wildman–Crippen MR) is 102 cm³/mol. The van der Waals surface area contributed by atoms with Gasteiger partial charge in [0.25, 0.3) is 5.91 Å². The first-order chi connectivity index (χ1) is 13.0. The molecule has 0 atom stereocenters. The van der Waals surface area contributed by atoms with Gasteiger partial charge in [-0.25, -0.2) is 4.79 Å². The smallest absolute Gasteiger partial charge is 0.327 e. The van der Waals surface area contributed by atoms with E-state index < -0.39 is 5.54 Å². The van der Waals surface area contributed by atoms with Gasteiger partial charge < -0.3 is 19.3 Å². The topological polar surface area (TPSA) is 62.3 Å². The second kappa shape index (κ2) is 8.27. The molecule has 3 amide bonds. The zero-order valence-corrected chi connectivity index (χ0v) is 16.4. The normalized spacial score (nSPS) is 20.0. The fourth-order valence-electron chi connectivity index (χ4n) is 3.98. The van der Waals surface area contributed by atoms with Gasteiger partial charge in [0.2, 0.25) is 0 Å². The van der Waals surface area contributed by atoms with Crippen molar-refractivity contribution in [2.75, 3.05) is 47.5 Å². The van der Waals surface area contributed by atoms with Gasteiger partial charge in [0.05, 0.1) is 13.7 Å². The van der Waals surface area contributed by atoms with Crippen LogP contribution in [0.25, 0.3) is 0 Å². The van der Waals surface area contributed by atoms with Crippen molar-refractivity contribution in [3.8, 4) is 5.75 Å². The molecule has 0 saturated carbocycles. The number of carbonyl (C=O) groups is 2. The van der Waals surface area contributed by atoms with E-state index in [0.29, 0.717) is 32.5 Å². The van der Waals surface area contributed by atoms with Gasteiger partial charge in [-0.05, 0) is 44.0 Å². The van der Waals surface area contributed by atoms with E-state index in [9.17, 15) is 9.59 Å². The van der Waals surface area contributed by atoms with Gasteiger partial charge in [-0.1, -0.05) is 12.1 Å². The monoisotopic (exact) mass is 375 g/mol. The van der Waals surface area contributed by atoms with Crippen LogP contribution in [-0.2, 0) is 16.1 Å². The average Bonchev–Trinajstić information content (AvgIpc) is 2.87. The first-order valence-electron chi connectivity index (χ1n) is 9.46. The number of piperidine rings is 1. The van der Waals surface area contributed by atoms with Crippen molar-refractivity contribution in [2.45, 2.75) is 31.3 Å². The van der Waals surface area contributed by atoms with Gasteiger partial charge in [0.15, 0.2) is 0 Å². The maximum Gasteiger partial charge on any atom is 0.327 e. The summed E-state index contributed by atoms with van der Waals surface area (Å²) in [7, 11) is 5.32. The van der Waals surface area contributed by atoms with Crippen molar-refractivity contribution in [3.63, 3.8) is 0 Å². The van der Waals surface area contributed by atoms with Crippen LogP contribution in [0.3, 0.4) is 0 Å². The van der Waals surface area contributed by atoms with Gasteiger partial charge in [-0.15, -0.1) is 0 Å². The summed E-state index contributed by atoms with van der Waals surface area (Å²) in [5, 5.41) is 0. The molecular weight excluding hydrogens is 346 g/mol. The summed E-state index contributed by atoms with van der Waals surface area (Å²) in [5.41, 5.74) is 0.211. The number of urea groups is 1. The summed E-state index contributed by atoms with van der Waals surface area (Å²) in [6.07, 6.45) is 2.09. The zero-order valence-electron chi connectivity index (χ0n) is 16.4. The zero-order chi connectivity index (χ0) is 19.4.